The number of nitrogens with one attached hydrogen (secondary N) is 2. The molecule has 12 heteroatoms. The maximum Gasteiger partial charge on any atom is 0.320 e. The Morgan fingerprint density at radius 2 is 1.67 bits per heavy atom. The van der Waals surface area contributed by atoms with Crippen LogP contribution in [0.25, 0.3) is 10.8 Å². The number of carbonyl (C=O) groups is 1. The van der Waals surface area contributed by atoms with Crippen molar-refractivity contribution >= 4 is 49.8 Å². The molecule has 3 aromatic rings. The second-order valence-corrected chi connectivity index (χ2v) is 11.3. The lowest BCUT2D eigenvalue weighted by Gasteiger charge is -2.27. The minimum atomic E-state index is -4.17. The van der Waals surface area contributed by atoms with Gasteiger partial charge in [0.15, 0.2) is 5.75 Å². The fourth-order valence-corrected chi connectivity index (χ4v) is 5.91. The largest absolute Gasteiger partial charge is 0.480 e. The Morgan fingerprint density at radius 3 is 2.31 bits per heavy atom. The van der Waals surface area contributed by atoms with Crippen molar-refractivity contribution in [2.24, 2.45) is 5.73 Å². The van der Waals surface area contributed by atoms with E-state index in [0.717, 1.165) is 53.4 Å². The van der Waals surface area contributed by atoms with Gasteiger partial charge < -0.3 is 26.1 Å². The lowest BCUT2D eigenvalue weighted by atomic mass is 10.0. The van der Waals surface area contributed by atoms with E-state index in [0.29, 0.717) is 22.6 Å². The average molecular weight is 555 g/mol. The van der Waals surface area contributed by atoms with E-state index in [-0.39, 0.29) is 17.9 Å². The third-order valence-corrected chi connectivity index (χ3v) is 8.28. The molecular formula is C27H34N6O5S. The number of benzene rings is 3. The van der Waals surface area contributed by atoms with Crippen molar-refractivity contribution < 1.29 is 23.8 Å². The number of nitrogen functional groups attached to an aromatic ring is 1. The molecule has 0 radical (unpaired) electrons. The quantitative estimate of drug-likeness (QED) is 0.243. The standard InChI is InChI=1S/C27H32N6O4S.H2O/c1-19(28)31-11-2-12-32(14-13-31)24-7-9-25(10-8-24)33(38(36,37)18-26(34)35)17-20-3-4-21-5-6-22(27(29)30)16-23(21)15-20;/h3-10,15-16,28H,2,11-14,17-18H2,1H3,(H3,29,30)(H,34,35);1H2. The van der Waals surface area contributed by atoms with Gasteiger partial charge in [-0.3, -0.25) is 19.9 Å². The first-order valence-corrected chi connectivity index (χ1v) is 13.9. The predicted molar refractivity (Wildman–Crippen MR) is 154 cm³/mol. The summed E-state index contributed by atoms with van der Waals surface area (Å²) in [7, 11) is -4.17. The molecule has 1 fully saturated rings. The highest BCUT2D eigenvalue weighted by molar-refractivity contribution is 7.93. The Bertz CT molecular complexity index is 1480. The van der Waals surface area contributed by atoms with E-state index in [4.69, 9.17) is 16.6 Å². The number of hydrogen-bond acceptors (Lipinski definition) is 6. The van der Waals surface area contributed by atoms with Crippen molar-refractivity contribution in [2.45, 2.75) is 19.9 Å². The summed E-state index contributed by atoms with van der Waals surface area (Å²) in [6.45, 7) is 4.87. The van der Waals surface area contributed by atoms with Crippen molar-refractivity contribution in [1.29, 1.82) is 10.8 Å². The first-order chi connectivity index (χ1) is 18.0. The minimum absolute atomic E-state index is 0. The van der Waals surface area contributed by atoms with E-state index >= 15 is 0 Å². The van der Waals surface area contributed by atoms with Crippen LogP contribution < -0.4 is 14.9 Å². The van der Waals surface area contributed by atoms with Crippen LogP contribution in [0.1, 0.15) is 24.5 Å². The number of carboxylic acid groups (broad SMARTS) is 1. The number of anilines is 2. The van der Waals surface area contributed by atoms with Gasteiger partial charge in [0.1, 0.15) is 5.84 Å². The molecule has 0 amide bonds. The fraction of sp³-hybridized carbons (Fsp3) is 0.296. The molecule has 0 aromatic heterocycles. The Hall–Kier alpha value is -4.16. The van der Waals surface area contributed by atoms with Gasteiger partial charge >= 0.3 is 5.97 Å². The topological polar surface area (TPSA) is 186 Å². The molecule has 208 valence electrons. The van der Waals surface area contributed by atoms with Crippen molar-refractivity contribution in [1.82, 2.24) is 4.90 Å². The SMILES string of the molecule is CC(=N)N1CCCN(c2ccc(N(Cc3ccc4ccc(C(=N)N)cc4c3)S(=O)(=O)CC(=O)O)cc2)CC1.O. The molecule has 11 nitrogen and oxygen atoms in total. The summed E-state index contributed by atoms with van der Waals surface area (Å²) < 4.78 is 27.4. The summed E-state index contributed by atoms with van der Waals surface area (Å²) >= 11 is 0. The number of nitrogens with zero attached hydrogens (tertiary/aromatic N) is 3. The maximum absolute atomic E-state index is 13.1. The van der Waals surface area contributed by atoms with E-state index in [1.807, 2.05) is 41.3 Å². The van der Waals surface area contributed by atoms with Gasteiger partial charge in [-0.2, -0.15) is 0 Å². The van der Waals surface area contributed by atoms with Gasteiger partial charge in [-0.15, -0.1) is 0 Å². The first kappa shape index (κ1) is 29.4. The predicted octanol–water partition coefficient (Wildman–Crippen LogP) is 2.23. The molecule has 39 heavy (non-hydrogen) atoms. The maximum atomic E-state index is 13.1. The Morgan fingerprint density at radius 1 is 0.974 bits per heavy atom. The van der Waals surface area contributed by atoms with Gasteiger partial charge in [-0.1, -0.05) is 24.3 Å². The van der Waals surface area contributed by atoms with Gasteiger partial charge in [0.05, 0.1) is 18.1 Å². The van der Waals surface area contributed by atoms with E-state index in [1.54, 1.807) is 31.2 Å². The molecule has 0 saturated carbocycles. The number of hydrogen-bond donors (Lipinski definition) is 4. The smallest absolute Gasteiger partial charge is 0.320 e. The van der Waals surface area contributed by atoms with Gasteiger partial charge in [-0.05, 0) is 66.1 Å². The first-order valence-electron chi connectivity index (χ1n) is 12.3. The molecule has 0 aliphatic carbocycles. The van der Waals surface area contributed by atoms with Crippen LogP contribution in [0, 0.1) is 10.8 Å². The van der Waals surface area contributed by atoms with Crippen LogP contribution in [0.4, 0.5) is 11.4 Å². The summed E-state index contributed by atoms with van der Waals surface area (Å²) in [5.74, 6) is -1.96. The van der Waals surface area contributed by atoms with E-state index in [1.165, 1.54) is 0 Å². The van der Waals surface area contributed by atoms with Crippen LogP contribution in [0.2, 0.25) is 0 Å². The highest BCUT2D eigenvalue weighted by Crippen LogP contribution is 2.27. The molecule has 3 aromatic carbocycles. The summed E-state index contributed by atoms with van der Waals surface area (Å²) in [5, 5.41) is 26.6. The molecule has 0 atom stereocenters. The number of sulfonamides is 1. The zero-order chi connectivity index (χ0) is 27.4. The highest BCUT2D eigenvalue weighted by atomic mass is 32.2. The van der Waals surface area contributed by atoms with Crippen molar-refractivity contribution in [2.75, 3.05) is 41.1 Å². The molecule has 7 N–H and O–H groups in total. The Kier molecular flexibility index (Phi) is 9.15. The summed E-state index contributed by atoms with van der Waals surface area (Å²) in [4.78, 5) is 15.6. The average Bonchev–Trinajstić information content (AvgIpc) is 3.13. The lowest BCUT2D eigenvalue weighted by Crippen LogP contribution is -2.35. The van der Waals surface area contributed by atoms with Crippen molar-refractivity contribution in [3.05, 3.63) is 71.8 Å². The molecule has 0 spiro atoms. The van der Waals surface area contributed by atoms with Crippen LogP contribution in [0.5, 0.6) is 0 Å². The lowest BCUT2D eigenvalue weighted by molar-refractivity contribution is -0.134. The second-order valence-electron chi connectivity index (χ2n) is 9.40. The van der Waals surface area contributed by atoms with Crippen LogP contribution in [0.15, 0.2) is 60.7 Å². The van der Waals surface area contributed by atoms with Crippen LogP contribution in [0.3, 0.4) is 0 Å². The monoisotopic (exact) mass is 554 g/mol. The molecule has 4 rings (SSSR count). The Labute approximate surface area is 227 Å². The molecule has 0 bridgehead atoms. The number of nitrogens with two attached hydrogens (primary N) is 1. The zero-order valence-electron chi connectivity index (χ0n) is 21.7. The highest BCUT2D eigenvalue weighted by Gasteiger charge is 2.26. The number of aliphatic carboxylic acids is 1. The van der Waals surface area contributed by atoms with Crippen LogP contribution in [-0.4, -0.2) is 73.5 Å². The summed E-state index contributed by atoms with van der Waals surface area (Å²) in [5.41, 5.74) is 8.17. The molecule has 1 aliphatic rings. The van der Waals surface area contributed by atoms with Crippen molar-refractivity contribution in [3.63, 3.8) is 0 Å². The molecule has 1 saturated heterocycles. The molecular weight excluding hydrogens is 520 g/mol. The van der Waals surface area contributed by atoms with E-state index in [9.17, 15) is 18.3 Å². The number of amidine groups is 2. The summed E-state index contributed by atoms with van der Waals surface area (Å²) in [6, 6.07) is 18.0. The van der Waals surface area contributed by atoms with Gasteiger partial charge in [0, 0.05) is 37.4 Å². The Balaban J connectivity index is 0.00000420. The second kappa shape index (κ2) is 12.1. The zero-order valence-corrected chi connectivity index (χ0v) is 22.5. The van der Waals surface area contributed by atoms with Gasteiger partial charge in [-0.25, -0.2) is 8.42 Å². The fourth-order valence-electron chi connectivity index (χ4n) is 4.65. The third kappa shape index (κ3) is 7.03. The van der Waals surface area contributed by atoms with E-state index < -0.39 is 21.7 Å². The third-order valence-electron chi connectivity index (χ3n) is 6.66. The molecule has 1 aliphatic heterocycles. The number of carboxylic acids is 1. The van der Waals surface area contributed by atoms with Gasteiger partial charge in [0.2, 0.25) is 10.0 Å². The van der Waals surface area contributed by atoms with Crippen LogP contribution >= 0.6 is 0 Å². The van der Waals surface area contributed by atoms with Gasteiger partial charge in [0.25, 0.3) is 0 Å². The molecule has 0 unspecified atom stereocenters. The summed E-state index contributed by atoms with van der Waals surface area (Å²) in [6.07, 6.45) is 0.907. The number of fused-ring (bicyclic) bond motifs is 1. The van der Waals surface area contributed by atoms with Crippen LogP contribution in [-0.2, 0) is 21.4 Å². The molecule has 1 heterocycles. The van der Waals surface area contributed by atoms with E-state index in [2.05, 4.69) is 4.90 Å². The van der Waals surface area contributed by atoms with Crippen molar-refractivity contribution in [3.8, 4) is 0 Å². The normalized spacial score (nSPS) is 13.9. The minimum Gasteiger partial charge on any atom is -0.480 e. The number of rotatable bonds is 8.